The molecule has 0 aliphatic heterocycles. The number of aryl methyl sites for hydroxylation is 1. The van der Waals surface area contributed by atoms with Crippen LogP contribution < -0.4 is 10.0 Å². The van der Waals surface area contributed by atoms with Crippen LogP contribution in [-0.4, -0.2) is 30.5 Å². The van der Waals surface area contributed by atoms with E-state index in [9.17, 15) is 8.42 Å². The summed E-state index contributed by atoms with van der Waals surface area (Å²) >= 11 is 6.36. The Bertz CT molecular complexity index is 740. The number of halogens is 2. The molecule has 0 aliphatic carbocycles. The number of aromatic nitrogens is 3. The molecule has 2 N–H and O–H groups in total. The zero-order valence-corrected chi connectivity index (χ0v) is 14.6. The Balaban J connectivity index is 2.55. The zero-order valence-electron chi connectivity index (χ0n) is 10.6. The number of hydrogen-bond acceptors (Lipinski definition) is 5. The van der Waals surface area contributed by atoms with Gasteiger partial charge in [-0.25, -0.2) is 4.68 Å². The third-order valence-corrected chi connectivity index (χ3v) is 5.82. The van der Waals surface area contributed by atoms with Gasteiger partial charge in [0.2, 0.25) is 5.03 Å². The predicted molar refractivity (Wildman–Crippen MR) is 82.8 cm³/mol. The van der Waals surface area contributed by atoms with Crippen LogP contribution in [0.15, 0.2) is 32.3 Å². The van der Waals surface area contributed by atoms with E-state index in [4.69, 9.17) is 5.73 Å². The SMILES string of the molecule is CN(c1ccc(Br)cc1N)S(=O)(=O)c1c(Br)nnn1C. The van der Waals surface area contributed by atoms with Crippen LogP contribution >= 0.6 is 31.9 Å². The third kappa shape index (κ3) is 2.54. The summed E-state index contributed by atoms with van der Waals surface area (Å²) in [5, 5.41) is 7.31. The van der Waals surface area contributed by atoms with Crippen molar-refractivity contribution in [3.8, 4) is 0 Å². The van der Waals surface area contributed by atoms with Gasteiger partial charge in [0, 0.05) is 18.6 Å². The van der Waals surface area contributed by atoms with Crippen LogP contribution in [-0.2, 0) is 17.1 Å². The molecule has 2 rings (SSSR count). The molecule has 0 unspecified atom stereocenters. The Morgan fingerprint density at radius 3 is 2.50 bits per heavy atom. The number of anilines is 2. The van der Waals surface area contributed by atoms with Crippen LogP contribution in [0, 0.1) is 0 Å². The first-order chi connectivity index (χ1) is 9.25. The first kappa shape index (κ1) is 15.3. The Morgan fingerprint density at radius 1 is 1.35 bits per heavy atom. The van der Waals surface area contributed by atoms with E-state index in [0.717, 1.165) is 8.78 Å². The second-order valence-corrected chi connectivity index (χ2v) is 7.54. The molecule has 1 heterocycles. The fourth-order valence-electron chi connectivity index (χ4n) is 1.67. The largest absolute Gasteiger partial charge is 0.397 e. The van der Waals surface area contributed by atoms with Gasteiger partial charge in [-0.3, -0.25) is 4.31 Å². The zero-order chi connectivity index (χ0) is 15.1. The molecule has 2 aromatic rings. The smallest absolute Gasteiger partial charge is 0.284 e. The van der Waals surface area contributed by atoms with E-state index >= 15 is 0 Å². The molecular weight excluding hydrogens is 414 g/mol. The minimum Gasteiger partial charge on any atom is -0.397 e. The molecule has 0 spiro atoms. The van der Waals surface area contributed by atoms with E-state index in [1.165, 1.54) is 18.8 Å². The van der Waals surface area contributed by atoms with Gasteiger partial charge >= 0.3 is 0 Å². The summed E-state index contributed by atoms with van der Waals surface area (Å²) in [6, 6.07) is 4.97. The number of hydrogen-bond donors (Lipinski definition) is 1. The first-order valence-corrected chi connectivity index (χ1v) is 8.37. The van der Waals surface area contributed by atoms with Gasteiger partial charge in [-0.15, -0.1) is 5.10 Å². The first-order valence-electron chi connectivity index (χ1n) is 5.34. The molecule has 1 aromatic carbocycles. The fourth-order valence-corrected chi connectivity index (χ4v) is 4.30. The standard InChI is InChI=1S/C10H11Br2N5O2S/c1-16-10(9(12)14-15-16)20(18,19)17(2)8-4-3-6(11)5-7(8)13/h3-5H,13H2,1-2H3. The molecular formula is C10H11Br2N5O2S. The number of sulfonamides is 1. The lowest BCUT2D eigenvalue weighted by Crippen LogP contribution is -2.29. The second-order valence-electron chi connectivity index (χ2n) is 3.98. The Labute approximate surface area is 133 Å². The van der Waals surface area contributed by atoms with Crippen molar-refractivity contribution in [1.82, 2.24) is 15.0 Å². The highest BCUT2D eigenvalue weighted by molar-refractivity contribution is 9.10. The van der Waals surface area contributed by atoms with Crippen LogP contribution in [0.3, 0.4) is 0 Å². The van der Waals surface area contributed by atoms with Crippen LogP contribution in [0.2, 0.25) is 0 Å². The van der Waals surface area contributed by atoms with Crippen LogP contribution in [0.4, 0.5) is 11.4 Å². The van der Waals surface area contributed by atoms with Gasteiger partial charge in [0.25, 0.3) is 10.0 Å². The highest BCUT2D eigenvalue weighted by Gasteiger charge is 2.29. The summed E-state index contributed by atoms with van der Waals surface area (Å²) in [6.07, 6.45) is 0. The Morgan fingerprint density at radius 2 is 2.00 bits per heavy atom. The number of nitrogens with two attached hydrogens (primary N) is 1. The molecule has 0 saturated carbocycles. The van der Waals surface area contributed by atoms with Gasteiger partial charge < -0.3 is 5.73 Å². The maximum Gasteiger partial charge on any atom is 0.284 e. The van der Waals surface area contributed by atoms with Crippen molar-refractivity contribution in [3.05, 3.63) is 27.3 Å². The molecule has 0 fully saturated rings. The third-order valence-electron chi connectivity index (χ3n) is 2.67. The molecule has 7 nitrogen and oxygen atoms in total. The van der Waals surface area contributed by atoms with E-state index in [0.29, 0.717) is 11.4 Å². The summed E-state index contributed by atoms with van der Waals surface area (Å²) in [6.45, 7) is 0. The molecule has 20 heavy (non-hydrogen) atoms. The molecule has 0 saturated heterocycles. The van der Waals surface area contributed by atoms with E-state index in [-0.39, 0.29) is 9.63 Å². The van der Waals surface area contributed by atoms with Gasteiger partial charge in [-0.05, 0) is 34.1 Å². The van der Waals surface area contributed by atoms with E-state index < -0.39 is 10.0 Å². The lowest BCUT2D eigenvalue weighted by atomic mass is 10.3. The topological polar surface area (TPSA) is 94.1 Å². The summed E-state index contributed by atoms with van der Waals surface area (Å²) in [4.78, 5) is 0. The van der Waals surface area contributed by atoms with Gasteiger partial charge in [-0.1, -0.05) is 21.1 Å². The number of nitrogen functional groups attached to an aromatic ring is 1. The summed E-state index contributed by atoms with van der Waals surface area (Å²) in [7, 11) is -0.888. The Kier molecular flexibility index (Phi) is 4.07. The second kappa shape index (κ2) is 5.34. The molecule has 0 radical (unpaired) electrons. The molecule has 10 heteroatoms. The maximum absolute atomic E-state index is 12.6. The van der Waals surface area contributed by atoms with Gasteiger partial charge in [0.1, 0.15) is 0 Å². The number of nitrogens with zero attached hydrogens (tertiary/aromatic N) is 4. The number of rotatable bonds is 3. The minimum atomic E-state index is -3.82. The molecule has 108 valence electrons. The van der Waals surface area contributed by atoms with Crippen molar-refractivity contribution in [2.75, 3.05) is 17.1 Å². The monoisotopic (exact) mass is 423 g/mol. The highest BCUT2D eigenvalue weighted by atomic mass is 79.9. The minimum absolute atomic E-state index is 0.0395. The molecule has 1 aromatic heterocycles. The van der Waals surface area contributed by atoms with Crippen LogP contribution in [0.1, 0.15) is 0 Å². The van der Waals surface area contributed by atoms with E-state index in [1.54, 1.807) is 18.2 Å². The summed E-state index contributed by atoms with van der Waals surface area (Å²) < 4.78 is 28.4. The van der Waals surface area contributed by atoms with Gasteiger partial charge in [-0.2, -0.15) is 8.42 Å². The molecule has 0 bridgehead atoms. The van der Waals surface area contributed by atoms with Crippen molar-refractivity contribution in [1.29, 1.82) is 0 Å². The summed E-state index contributed by atoms with van der Waals surface area (Å²) in [5.74, 6) is 0. The quantitative estimate of drug-likeness (QED) is 0.757. The predicted octanol–water partition coefficient (Wildman–Crippen LogP) is 1.75. The lowest BCUT2D eigenvalue weighted by Gasteiger charge is -2.21. The van der Waals surface area contributed by atoms with E-state index in [1.807, 2.05) is 0 Å². The number of benzene rings is 1. The van der Waals surface area contributed by atoms with Crippen molar-refractivity contribution in [3.63, 3.8) is 0 Å². The van der Waals surface area contributed by atoms with Crippen molar-refractivity contribution < 1.29 is 8.42 Å². The van der Waals surface area contributed by atoms with Crippen molar-refractivity contribution in [2.45, 2.75) is 5.03 Å². The van der Waals surface area contributed by atoms with Crippen molar-refractivity contribution in [2.24, 2.45) is 7.05 Å². The van der Waals surface area contributed by atoms with Gasteiger partial charge in [0.05, 0.1) is 11.4 Å². The molecule has 0 amide bonds. The summed E-state index contributed by atoms with van der Waals surface area (Å²) in [5.41, 5.74) is 6.58. The van der Waals surface area contributed by atoms with Crippen LogP contribution in [0.25, 0.3) is 0 Å². The highest BCUT2D eigenvalue weighted by Crippen LogP contribution is 2.31. The lowest BCUT2D eigenvalue weighted by molar-refractivity contribution is 0.572. The maximum atomic E-state index is 12.6. The average molecular weight is 425 g/mol. The molecule has 0 aliphatic rings. The fraction of sp³-hybridized carbons (Fsp3) is 0.200. The Hall–Kier alpha value is -1.13. The normalized spacial score (nSPS) is 11.6. The van der Waals surface area contributed by atoms with Crippen molar-refractivity contribution >= 4 is 53.3 Å². The molecule has 0 atom stereocenters. The van der Waals surface area contributed by atoms with E-state index in [2.05, 4.69) is 42.2 Å². The van der Waals surface area contributed by atoms with Crippen LogP contribution in [0.5, 0.6) is 0 Å². The average Bonchev–Trinajstić information content (AvgIpc) is 2.68. The van der Waals surface area contributed by atoms with Gasteiger partial charge in [0.15, 0.2) is 4.60 Å².